The van der Waals surface area contributed by atoms with Crippen molar-refractivity contribution in [2.24, 2.45) is 27.8 Å². The summed E-state index contributed by atoms with van der Waals surface area (Å²) < 4.78 is 43.6. The molecule has 0 amide bonds. The molecule has 1 N–H and O–H groups in total. The largest absolute Gasteiger partial charge is 0.469 e. The van der Waals surface area contributed by atoms with Crippen molar-refractivity contribution in [2.45, 2.75) is 70.5 Å². The van der Waals surface area contributed by atoms with Gasteiger partial charge in [-0.2, -0.15) is 13.5 Å². The molecule has 3 atom stereocenters. The van der Waals surface area contributed by atoms with Gasteiger partial charge >= 0.3 is 5.97 Å². The molecule has 3 fully saturated rings. The molecule has 0 aromatic heterocycles. The highest BCUT2D eigenvalue weighted by Crippen LogP contribution is 2.59. The number of nitrogens with one attached hydrogen (secondary N) is 1. The summed E-state index contributed by atoms with van der Waals surface area (Å²) in [5, 5.41) is 4.28. The number of fused-ring (bicyclic) bond motifs is 2. The van der Waals surface area contributed by atoms with Crippen LogP contribution in [0.15, 0.2) is 34.3 Å². The third kappa shape index (κ3) is 4.50. The monoisotopic (exact) mass is 492 g/mol. The zero-order valence-corrected chi connectivity index (χ0v) is 21.5. The number of rotatable bonds is 4. The highest BCUT2D eigenvalue weighted by Gasteiger charge is 2.62. The first-order chi connectivity index (χ1) is 15.9. The van der Waals surface area contributed by atoms with Gasteiger partial charge in [-0.1, -0.05) is 38.5 Å². The summed E-state index contributed by atoms with van der Waals surface area (Å²) in [4.78, 5) is 15.3. The number of ether oxygens (including phenoxy) is 3. The molecule has 9 heteroatoms. The average Bonchev–Trinajstić information content (AvgIpc) is 2.79. The molecule has 1 unspecified atom stereocenters. The predicted molar refractivity (Wildman–Crippen MR) is 128 cm³/mol. The number of carbonyl (C=O) groups is 1. The first-order valence-electron chi connectivity index (χ1n) is 11.9. The molecule has 1 aromatic carbocycles. The van der Waals surface area contributed by atoms with Crippen molar-refractivity contribution < 1.29 is 27.4 Å². The molecule has 1 spiro atoms. The number of carbonyl (C=O) groups excluding carboxylic acids is 1. The van der Waals surface area contributed by atoms with Gasteiger partial charge in [-0.25, -0.2) is 4.83 Å². The van der Waals surface area contributed by atoms with E-state index >= 15 is 0 Å². The maximum Gasteiger partial charge on any atom is 0.314 e. The number of nitrogens with zero attached hydrogens (tertiary/aromatic N) is 1. The SMILES string of the molecule is COC(=O)C1C[C@@]2(C)[C@H](CCCC23OCC(C)(C)CO3)C/C1=N/NS(=O)(=O)c1ccc(C)cc1. The lowest BCUT2D eigenvalue weighted by Crippen LogP contribution is -2.64. The van der Waals surface area contributed by atoms with Crippen molar-refractivity contribution in [2.75, 3.05) is 20.3 Å². The maximum atomic E-state index is 12.8. The van der Waals surface area contributed by atoms with Crippen LogP contribution in [0.25, 0.3) is 0 Å². The fourth-order valence-corrected chi connectivity index (χ4v) is 6.47. The molecule has 3 aliphatic rings. The lowest BCUT2D eigenvalue weighted by Gasteiger charge is -2.60. The topological polar surface area (TPSA) is 103 Å². The summed E-state index contributed by atoms with van der Waals surface area (Å²) in [5.41, 5.74) is 0.976. The highest BCUT2D eigenvalue weighted by molar-refractivity contribution is 7.89. The van der Waals surface area contributed by atoms with E-state index < -0.39 is 33.1 Å². The Hall–Kier alpha value is -1.97. The number of sulfonamides is 1. The van der Waals surface area contributed by atoms with Crippen molar-refractivity contribution in [1.29, 1.82) is 0 Å². The van der Waals surface area contributed by atoms with Crippen molar-refractivity contribution in [3.05, 3.63) is 29.8 Å². The second-order valence-corrected chi connectivity index (χ2v) is 12.7. The van der Waals surface area contributed by atoms with E-state index in [0.29, 0.717) is 31.8 Å². The number of benzene rings is 1. The van der Waals surface area contributed by atoms with Crippen LogP contribution in [-0.2, 0) is 29.0 Å². The second-order valence-electron chi connectivity index (χ2n) is 11.0. The number of esters is 1. The minimum atomic E-state index is -3.86. The molecule has 1 heterocycles. The van der Waals surface area contributed by atoms with Gasteiger partial charge in [0.05, 0.1) is 36.8 Å². The molecule has 2 aliphatic carbocycles. The number of hydrazone groups is 1. The van der Waals surface area contributed by atoms with Crippen molar-refractivity contribution >= 4 is 21.7 Å². The molecular weight excluding hydrogens is 456 g/mol. The fourth-order valence-electron chi connectivity index (χ4n) is 5.64. The molecule has 0 radical (unpaired) electrons. The summed E-state index contributed by atoms with van der Waals surface area (Å²) in [7, 11) is -2.51. The summed E-state index contributed by atoms with van der Waals surface area (Å²) in [6.07, 6.45) is 3.55. The molecule has 1 saturated heterocycles. The Morgan fingerprint density at radius 2 is 1.79 bits per heavy atom. The van der Waals surface area contributed by atoms with Crippen molar-refractivity contribution in [3.63, 3.8) is 0 Å². The quantitative estimate of drug-likeness (QED) is 0.507. The molecule has 188 valence electrons. The van der Waals surface area contributed by atoms with Crippen LogP contribution in [0.3, 0.4) is 0 Å². The van der Waals surface area contributed by atoms with Gasteiger partial charge in [0.2, 0.25) is 0 Å². The summed E-state index contributed by atoms with van der Waals surface area (Å²) in [5.74, 6) is -1.72. The molecule has 2 saturated carbocycles. The Morgan fingerprint density at radius 3 is 2.41 bits per heavy atom. The Balaban J connectivity index is 1.62. The van der Waals surface area contributed by atoms with E-state index in [2.05, 4.69) is 30.7 Å². The zero-order chi connectivity index (χ0) is 24.8. The standard InChI is InChI=1S/C25H36N2O6S/c1-17-8-10-19(11-9-17)34(29,30)27-26-21-13-18-7-6-12-25(32-15-23(2,3)16-33-25)24(18,4)14-20(21)22(28)31-5/h8-11,18,20,27H,6-7,12-16H2,1-5H3/b26-21-/t18-,20?,24+/m1/s1. The Morgan fingerprint density at radius 1 is 1.15 bits per heavy atom. The first kappa shape index (κ1) is 25.1. The van der Waals surface area contributed by atoms with E-state index in [4.69, 9.17) is 14.2 Å². The van der Waals surface area contributed by atoms with Gasteiger partial charge < -0.3 is 14.2 Å². The Labute approximate surface area is 202 Å². The smallest absolute Gasteiger partial charge is 0.314 e. The molecule has 1 aromatic rings. The molecule has 8 nitrogen and oxygen atoms in total. The van der Waals surface area contributed by atoms with Gasteiger partial charge in [0.25, 0.3) is 10.0 Å². The third-order valence-electron chi connectivity index (χ3n) is 7.83. The Bertz CT molecular complexity index is 1060. The van der Waals surface area contributed by atoms with Crippen molar-refractivity contribution in [1.82, 2.24) is 4.83 Å². The van der Waals surface area contributed by atoms with Gasteiger partial charge in [-0.05, 0) is 50.7 Å². The first-order valence-corrected chi connectivity index (χ1v) is 13.4. The van der Waals surface area contributed by atoms with Crippen LogP contribution in [0.1, 0.15) is 58.4 Å². The molecule has 34 heavy (non-hydrogen) atoms. The molecule has 1 aliphatic heterocycles. The van der Waals surface area contributed by atoms with Crippen LogP contribution in [0, 0.1) is 29.6 Å². The van der Waals surface area contributed by atoms with Crippen LogP contribution < -0.4 is 4.83 Å². The average molecular weight is 493 g/mol. The maximum absolute atomic E-state index is 12.8. The van der Waals surface area contributed by atoms with E-state index in [9.17, 15) is 13.2 Å². The normalized spacial score (nSPS) is 31.6. The van der Waals surface area contributed by atoms with Crippen LogP contribution >= 0.6 is 0 Å². The minimum Gasteiger partial charge on any atom is -0.469 e. The van der Waals surface area contributed by atoms with Gasteiger partial charge in [0, 0.05) is 17.3 Å². The number of aryl methyl sites for hydroxylation is 1. The van der Waals surface area contributed by atoms with E-state index in [1.165, 1.54) is 19.2 Å². The number of methoxy groups -OCH3 is 1. The van der Waals surface area contributed by atoms with Crippen LogP contribution in [0.2, 0.25) is 0 Å². The third-order valence-corrected chi connectivity index (χ3v) is 9.06. The molecule has 0 bridgehead atoms. The van der Waals surface area contributed by atoms with Gasteiger partial charge in [0.15, 0.2) is 5.79 Å². The minimum absolute atomic E-state index is 0.0636. The van der Waals surface area contributed by atoms with Gasteiger partial charge in [0.1, 0.15) is 0 Å². The van der Waals surface area contributed by atoms with E-state index in [0.717, 1.165) is 24.8 Å². The predicted octanol–water partition coefficient (Wildman–Crippen LogP) is 3.79. The van der Waals surface area contributed by atoms with Gasteiger partial charge in [-0.15, -0.1) is 0 Å². The van der Waals surface area contributed by atoms with Crippen LogP contribution in [0.5, 0.6) is 0 Å². The zero-order valence-electron chi connectivity index (χ0n) is 20.7. The Kier molecular flexibility index (Phi) is 6.59. The summed E-state index contributed by atoms with van der Waals surface area (Å²) in [6, 6.07) is 6.55. The number of hydrogen-bond acceptors (Lipinski definition) is 7. The lowest BCUT2D eigenvalue weighted by atomic mass is 9.54. The second kappa shape index (κ2) is 8.91. The van der Waals surface area contributed by atoms with E-state index in [1.807, 2.05) is 6.92 Å². The summed E-state index contributed by atoms with van der Waals surface area (Å²) in [6.45, 7) is 9.45. The van der Waals surface area contributed by atoms with Crippen molar-refractivity contribution in [3.8, 4) is 0 Å². The number of hydrogen-bond donors (Lipinski definition) is 1. The molecular formula is C25H36N2O6S. The summed E-state index contributed by atoms with van der Waals surface area (Å²) >= 11 is 0. The van der Waals surface area contributed by atoms with Gasteiger partial charge in [-0.3, -0.25) is 4.79 Å². The van der Waals surface area contributed by atoms with E-state index in [1.54, 1.807) is 12.1 Å². The van der Waals surface area contributed by atoms with Crippen LogP contribution in [-0.4, -0.2) is 46.2 Å². The lowest BCUT2D eigenvalue weighted by molar-refractivity contribution is -0.369. The van der Waals surface area contributed by atoms with E-state index in [-0.39, 0.29) is 16.2 Å². The fraction of sp³-hybridized carbons (Fsp3) is 0.680. The molecule has 4 rings (SSSR count). The highest BCUT2D eigenvalue weighted by atomic mass is 32.2. The van der Waals surface area contributed by atoms with Crippen LogP contribution in [0.4, 0.5) is 0 Å².